The number of halogens is 1. The molecule has 1 atom stereocenters. The molecule has 0 aliphatic heterocycles. The molecule has 2 aromatic carbocycles. The summed E-state index contributed by atoms with van der Waals surface area (Å²) in [6, 6.07) is 14.1. The largest absolute Gasteiger partial charge is 0.451 e. The smallest absolute Gasteiger partial charge is 0.287 e. The van der Waals surface area contributed by atoms with Gasteiger partial charge in [-0.05, 0) is 49.8 Å². The van der Waals surface area contributed by atoms with Crippen LogP contribution in [-0.4, -0.2) is 31.4 Å². The number of nitrogens with zero attached hydrogens (tertiary/aromatic N) is 1. The second-order valence-electron chi connectivity index (χ2n) is 6.87. The molecule has 0 aliphatic carbocycles. The summed E-state index contributed by atoms with van der Waals surface area (Å²) in [5.41, 5.74) is 2.15. The third-order valence-corrected chi connectivity index (χ3v) is 5.11. The van der Waals surface area contributed by atoms with E-state index in [1.807, 2.05) is 62.3 Å². The number of likely N-dealkylation sites (N-methyl/N-ethyl adjacent to an activating group) is 1. The highest BCUT2D eigenvalue weighted by molar-refractivity contribution is 6.31. The number of amides is 1. The standard InChI is InChI=1S/C22H23ClN2O3/c1-4-14-9-10-20-16(11-14)19(26)12-21(28-20)22(27)24-13-18(25(2)3)15-7-5-6-8-17(15)23/h5-12,18H,4,13H2,1-3H3,(H,24,27)/t18-/m1/s1. The molecule has 0 fully saturated rings. The summed E-state index contributed by atoms with van der Waals surface area (Å²) in [5, 5.41) is 3.97. The number of fused-ring (bicyclic) bond motifs is 1. The zero-order valence-electron chi connectivity index (χ0n) is 16.2. The van der Waals surface area contributed by atoms with Gasteiger partial charge in [-0.25, -0.2) is 0 Å². The first kappa shape index (κ1) is 20.1. The van der Waals surface area contributed by atoms with E-state index in [2.05, 4.69) is 5.32 Å². The molecule has 0 unspecified atom stereocenters. The van der Waals surface area contributed by atoms with Crippen LogP contribution in [0.15, 0.2) is 57.7 Å². The molecule has 0 aliphatic rings. The number of hydrogen-bond donors (Lipinski definition) is 1. The second kappa shape index (κ2) is 8.59. The van der Waals surface area contributed by atoms with Crippen LogP contribution in [0.25, 0.3) is 11.0 Å². The van der Waals surface area contributed by atoms with Gasteiger partial charge in [0.05, 0.1) is 11.4 Å². The topological polar surface area (TPSA) is 62.6 Å². The minimum absolute atomic E-state index is 0.00147. The molecule has 5 nitrogen and oxygen atoms in total. The Morgan fingerprint density at radius 1 is 1.18 bits per heavy atom. The van der Waals surface area contributed by atoms with Gasteiger partial charge in [-0.2, -0.15) is 0 Å². The molecule has 28 heavy (non-hydrogen) atoms. The lowest BCUT2D eigenvalue weighted by Crippen LogP contribution is -2.35. The van der Waals surface area contributed by atoms with E-state index in [0.29, 0.717) is 22.5 Å². The maximum Gasteiger partial charge on any atom is 0.287 e. The molecule has 1 heterocycles. The Hall–Kier alpha value is -2.63. The van der Waals surface area contributed by atoms with Crippen molar-refractivity contribution in [2.24, 2.45) is 0 Å². The summed E-state index contributed by atoms with van der Waals surface area (Å²) in [5.74, 6) is -0.434. The van der Waals surface area contributed by atoms with Crippen LogP contribution in [0.4, 0.5) is 0 Å². The zero-order chi connectivity index (χ0) is 20.3. The monoisotopic (exact) mass is 398 g/mol. The van der Waals surface area contributed by atoms with Crippen LogP contribution in [-0.2, 0) is 6.42 Å². The summed E-state index contributed by atoms with van der Waals surface area (Å²) >= 11 is 6.31. The fraction of sp³-hybridized carbons (Fsp3) is 0.273. The lowest BCUT2D eigenvalue weighted by molar-refractivity contribution is 0.0914. The minimum atomic E-state index is -0.433. The van der Waals surface area contributed by atoms with Crippen LogP contribution in [0, 0.1) is 0 Å². The fourth-order valence-electron chi connectivity index (χ4n) is 3.13. The molecule has 0 saturated carbocycles. The molecular formula is C22H23ClN2O3. The van der Waals surface area contributed by atoms with Crippen molar-refractivity contribution < 1.29 is 9.21 Å². The highest BCUT2D eigenvalue weighted by atomic mass is 35.5. The first-order valence-electron chi connectivity index (χ1n) is 9.16. The molecule has 1 amide bonds. The number of nitrogens with one attached hydrogen (secondary N) is 1. The van der Waals surface area contributed by atoms with E-state index in [1.165, 1.54) is 6.07 Å². The van der Waals surface area contributed by atoms with E-state index in [1.54, 1.807) is 6.07 Å². The minimum Gasteiger partial charge on any atom is -0.451 e. The summed E-state index contributed by atoms with van der Waals surface area (Å²) in [6.45, 7) is 2.34. The van der Waals surface area contributed by atoms with E-state index in [9.17, 15) is 9.59 Å². The van der Waals surface area contributed by atoms with Crippen LogP contribution >= 0.6 is 11.6 Å². The molecule has 0 bridgehead atoms. The van der Waals surface area contributed by atoms with E-state index in [4.69, 9.17) is 16.0 Å². The zero-order valence-corrected chi connectivity index (χ0v) is 16.9. The number of carbonyl (C=O) groups is 1. The van der Waals surface area contributed by atoms with Gasteiger partial charge >= 0.3 is 0 Å². The Morgan fingerprint density at radius 3 is 2.61 bits per heavy atom. The van der Waals surface area contributed by atoms with Crippen molar-refractivity contribution in [3.63, 3.8) is 0 Å². The molecule has 0 spiro atoms. The van der Waals surface area contributed by atoms with Gasteiger partial charge in [-0.15, -0.1) is 0 Å². The lowest BCUT2D eigenvalue weighted by Gasteiger charge is -2.25. The molecule has 3 aromatic rings. The molecule has 1 aromatic heterocycles. The lowest BCUT2D eigenvalue weighted by atomic mass is 10.1. The Bertz CT molecular complexity index is 1060. The molecule has 0 radical (unpaired) electrons. The number of benzene rings is 2. The predicted octanol–water partition coefficient (Wildman–Crippen LogP) is 4.04. The fourth-order valence-corrected chi connectivity index (χ4v) is 3.39. The number of carbonyl (C=O) groups excluding carboxylic acids is 1. The predicted molar refractivity (Wildman–Crippen MR) is 112 cm³/mol. The Labute approximate surface area is 168 Å². The van der Waals surface area contributed by atoms with Gasteiger partial charge in [0.25, 0.3) is 5.91 Å². The van der Waals surface area contributed by atoms with Crippen molar-refractivity contribution in [2.45, 2.75) is 19.4 Å². The maximum atomic E-state index is 12.6. The van der Waals surface area contributed by atoms with Gasteiger partial charge in [0.15, 0.2) is 11.2 Å². The van der Waals surface area contributed by atoms with Crippen LogP contribution in [0.2, 0.25) is 5.02 Å². The summed E-state index contributed by atoms with van der Waals surface area (Å²) in [4.78, 5) is 27.0. The molecule has 6 heteroatoms. The number of aryl methyl sites for hydroxylation is 1. The number of rotatable bonds is 6. The van der Waals surface area contributed by atoms with Gasteiger partial charge in [-0.1, -0.05) is 42.8 Å². The SMILES string of the molecule is CCc1ccc2oc(C(=O)NC[C@H](c3ccccc3Cl)N(C)C)cc(=O)c2c1. The van der Waals surface area contributed by atoms with Crippen molar-refractivity contribution in [3.8, 4) is 0 Å². The average Bonchev–Trinajstić information content (AvgIpc) is 2.68. The van der Waals surface area contributed by atoms with Crippen molar-refractivity contribution in [1.29, 1.82) is 0 Å². The Morgan fingerprint density at radius 2 is 1.93 bits per heavy atom. The van der Waals surface area contributed by atoms with E-state index in [-0.39, 0.29) is 17.2 Å². The summed E-state index contributed by atoms with van der Waals surface area (Å²) in [7, 11) is 3.84. The first-order valence-corrected chi connectivity index (χ1v) is 9.54. The van der Waals surface area contributed by atoms with Gasteiger partial charge in [0.1, 0.15) is 5.58 Å². The van der Waals surface area contributed by atoms with Gasteiger partial charge in [0.2, 0.25) is 0 Å². The summed E-state index contributed by atoms with van der Waals surface area (Å²) in [6.07, 6.45) is 0.825. The number of hydrogen-bond acceptors (Lipinski definition) is 4. The molecule has 3 rings (SSSR count). The van der Waals surface area contributed by atoms with Crippen molar-refractivity contribution >= 4 is 28.5 Å². The molecule has 0 saturated heterocycles. The van der Waals surface area contributed by atoms with Crippen molar-refractivity contribution in [2.75, 3.05) is 20.6 Å². The molecular weight excluding hydrogens is 376 g/mol. The third-order valence-electron chi connectivity index (χ3n) is 4.77. The third kappa shape index (κ3) is 4.26. The van der Waals surface area contributed by atoms with Gasteiger partial charge in [0, 0.05) is 17.6 Å². The summed E-state index contributed by atoms with van der Waals surface area (Å²) < 4.78 is 5.67. The van der Waals surface area contributed by atoms with E-state index < -0.39 is 5.91 Å². The van der Waals surface area contributed by atoms with Crippen LogP contribution < -0.4 is 10.7 Å². The highest BCUT2D eigenvalue weighted by Gasteiger charge is 2.19. The maximum absolute atomic E-state index is 12.6. The van der Waals surface area contributed by atoms with Crippen molar-refractivity contribution in [1.82, 2.24) is 10.2 Å². The van der Waals surface area contributed by atoms with Gasteiger partial charge < -0.3 is 14.6 Å². The van der Waals surface area contributed by atoms with Gasteiger partial charge in [-0.3, -0.25) is 9.59 Å². The van der Waals surface area contributed by atoms with Crippen LogP contribution in [0.3, 0.4) is 0 Å². The highest BCUT2D eigenvalue weighted by Crippen LogP contribution is 2.25. The quantitative estimate of drug-likeness (QED) is 0.680. The average molecular weight is 399 g/mol. The van der Waals surface area contributed by atoms with E-state index >= 15 is 0 Å². The molecule has 146 valence electrons. The Balaban J connectivity index is 1.82. The Kier molecular flexibility index (Phi) is 6.17. The van der Waals surface area contributed by atoms with Crippen LogP contribution in [0.1, 0.15) is 34.6 Å². The van der Waals surface area contributed by atoms with Crippen molar-refractivity contribution in [3.05, 3.63) is 80.7 Å². The normalized spacial score (nSPS) is 12.3. The second-order valence-corrected chi connectivity index (χ2v) is 7.28. The van der Waals surface area contributed by atoms with Crippen LogP contribution in [0.5, 0.6) is 0 Å². The van der Waals surface area contributed by atoms with E-state index in [0.717, 1.165) is 17.5 Å². The first-order chi connectivity index (χ1) is 13.4. The molecule has 1 N–H and O–H groups in total.